The molecular weight excluding hydrogens is 487 g/mol. The highest BCUT2D eigenvalue weighted by Gasteiger charge is 2.30. The second-order valence-electron chi connectivity index (χ2n) is 10.0. The summed E-state index contributed by atoms with van der Waals surface area (Å²) in [4.78, 5) is 19.4. The largest absolute Gasteiger partial charge is 0.497 e. The molecule has 2 heterocycles. The first-order valence-electron chi connectivity index (χ1n) is 13.1. The third-order valence-electron chi connectivity index (χ3n) is 7.48. The first kappa shape index (κ1) is 27.4. The van der Waals surface area contributed by atoms with Crippen molar-refractivity contribution in [1.29, 1.82) is 0 Å². The minimum Gasteiger partial charge on any atom is -0.497 e. The lowest BCUT2D eigenvalue weighted by Gasteiger charge is -2.39. The molecule has 0 saturated carbocycles. The molecule has 0 unspecified atom stereocenters. The average Bonchev–Trinajstić information content (AvgIpc) is 2.90. The molecule has 37 heavy (non-hydrogen) atoms. The average molecular weight is 525 g/mol. The zero-order chi connectivity index (χ0) is 26.2. The Balaban J connectivity index is 1.35. The maximum Gasteiger partial charge on any atom is 0.303 e. The highest BCUT2D eigenvalue weighted by Crippen LogP contribution is 2.36. The number of alkyl halides is 1. The highest BCUT2D eigenvalue weighted by molar-refractivity contribution is 7.99. The molecule has 7 heteroatoms. The molecule has 1 aliphatic rings. The number of ether oxygens (including phenoxy) is 1. The number of aliphatic carboxylic acids is 1. The Morgan fingerprint density at radius 2 is 2.08 bits per heavy atom. The molecule has 198 valence electrons. The van der Waals surface area contributed by atoms with Crippen LogP contribution in [-0.4, -0.2) is 53.5 Å². The molecule has 0 aliphatic carbocycles. The predicted molar refractivity (Wildman–Crippen MR) is 148 cm³/mol. The van der Waals surface area contributed by atoms with E-state index in [0.717, 1.165) is 49.1 Å². The smallest absolute Gasteiger partial charge is 0.303 e. The number of rotatable bonds is 12. The Morgan fingerprint density at radius 3 is 2.86 bits per heavy atom. The number of carboxylic acids is 1. The van der Waals surface area contributed by atoms with Crippen molar-refractivity contribution in [3.8, 4) is 5.75 Å². The Labute approximate surface area is 223 Å². The van der Waals surface area contributed by atoms with Gasteiger partial charge in [0.15, 0.2) is 0 Å². The molecule has 3 aromatic rings. The summed E-state index contributed by atoms with van der Waals surface area (Å²) in [6.07, 6.45) is 3.55. The third kappa shape index (κ3) is 7.68. The normalized spacial score (nSPS) is 19.1. The second-order valence-corrected chi connectivity index (χ2v) is 11.2. The predicted octanol–water partition coefficient (Wildman–Crippen LogP) is 6.94. The van der Waals surface area contributed by atoms with Crippen LogP contribution in [0.2, 0.25) is 0 Å². The third-order valence-corrected chi connectivity index (χ3v) is 8.46. The van der Waals surface area contributed by atoms with E-state index in [0.29, 0.717) is 30.1 Å². The molecule has 0 bridgehead atoms. The molecule has 4 rings (SSSR count). The maximum atomic E-state index is 15.6. The van der Waals surface area contributed by atoms with Crippen molar-refractivity contribution in [2.45, 2.75) is 50.1 Å². The van der Waals surface area contributed by atoms with Gasteiger partial charge in [-0.2, -0.15) is 0 Å². The number of benzene rings is 2. The Kier molecular flexibility index (Phi) is 9.81. The molecule has 1 fully saturated rings. The van der Waals surface area contributed by atoms with E-state index in [2.05, 4.69) is 41.1 Å². The number of piperidine rings is 1. The minimum absolute atomic E-state index is 0.168. The zero-order valence-electron chi connectivity index (χ0n) is 21.7. The van der Waals surface area contributed by atoms with E-state index < -0.39 is 12.1 Å². The highest BCUT2D eigenvalue weighted by atomic mass is 32.2. The molecule has 1 aromatic heterocycles. The lowest BCUT2D eigenvalue weighted by atomic mass is 9.79. The van der Waals surface area contributed by atoms with Crippen LogP contribution in [0.5, 0.6) is 5.75 Å². The van der Waals surface area contributed by atoms with Crippen molar-refractivity contribution in [1.82, 2.24) is 9.88 Å². The standard InChI is InChI=1S/C30H37FN2O3S/c1-21-4-3-5-25(18-21)37-17-16-33-15-13-22(23(20-33)7-11-30(34)35)6-9-28(31)26-12-14-32-29-10-8-24(36-2)19-27(26)29/h3-5,8,10,12,14,18-19,22-23,28H,6-7,9,11,13,15-17,20H2,1-2H3,(H,34,35)/t22-,23-,28-/m1/s1. The van der Waals surface area contributed by atoms with Crippen LogP contribution in [0.15, 0.2) is 59.6 Å². The number of likely N-dealkylation sites (tertiary alicyclic amines) is 1. The summed E-state index contributed by atoms with van der Waals surface area (Å²) in [5.41, 5.74) is 2.68. The van der Waals surface area contributed by atoms with E-state index >= 15 is 4.39 Å². The molecular formula is C30H37FN2O3S. The molecule has 0 spiro atoms. The van der Waals surface area contributed by atoms with Crippen LogP contribution >= 0.6 is 11.8 Å². The maximum absolute atomic E-state index is 15.6. The summed E-state index contributed by atoms with van der Waals surface area (Å²) in [6.45, 7) is 4.96. The zero-order valence-corrected chi connectivity index (χ0v) is 22.6. The van der Waals surface area contributed by atoms with Crippen LogP contribution in [0.3, 0.4) is 0 Å². The topological polar surface area (TPSA) is 62.7 Å². The number of carbonyl (C=O) groups is 1. The van der Waals surface area contributed by atoms with E-state index in [-0.39, 0.29) is 12.3 Å². The van der Waals surface area contributed by atoms with Gasteiger partial charge in [0.2, 0.25) is 0 Å². The summed E-state index contributed by atoms with van der Waals surface area (Å²) in [7, 11) is 1.61. The summed E-state index contributed by atoms with van der Waals surface area (Å²) >= 11 is 1.86. The van der Waals surface area contributed by atoms with E-state index in [1.807, 2.05) is 30.0 Å². The number of nitrogens with zero attached hydrogens (tertiary/aromatic N) is 2. The van der Waals surface area contributed by atoms with Crippen molar-refractivity contribution in [2.75, 3.05) is 32.5 Å². The first-order chi connectivity index (χ1) is 17.9. The fourth-order valence-corrected chi connectivity index (χ4v) is 6.46. The molecule has 1 N–H and O–H groups in total. The van der Waals surface area contributed by atoms with Gasteiger partial charge in [-0.3, -0.25) is 9.78 Å². The number of hydrogen-bond donors (Lipinski definition) is 1. The minimum atomic E-state index is -1.10. The molecule has 0 amide bonds. The van der Waals surface area contributed by atoms with Gasteiger partial charge >= 0.3 is 5.97 Å². The van der Waals surface area contributed by atoms with E-state index in [1.165, 1.54) is 10.5 Å². The van der Waals surface area contributed by atoms with Gasteiger partial charge in [-0.15, -0.1) is 11.8 Å². The number of aromatic nitrogens is 1. The lowest BCUT2D eigenvalue weighted by molar-refractivity contribution is -0.137. The Bertz CT molecular complexity index is 1190. The van der Waals surface area contributed by atoms with Crippen molar-refractivity contribution in [3.05, 3.63) is 65.9 Å². The first-order valence-corrected chi connectivity index (χ1v) is 14.1. The van der Waals surface area contributed by atoms with E-state index in [4.69, 9.17) is 4.74 Å². The molecule has 1 saturated heterocycles. The number of carboxylic acid groups (broad SMARTS) is 1. The number of pyridine rings is 1. The van der Waals surface area contributed by atoms with Gasteiger partial charge < -0.3 is 14.7 Å². The molecule has 0 radical (unpaired) electrons. The second kappa shape index (κ2) is 13.2. The van der Waals surface area contributed by atoms with E-state index in [1.54, 1.807) is 19.4 Å². The Morgan fingerprint density at radius 1 is 1.22 bits per heavy atom. The van der Waals surface area contributed by atoms with Crippen molar-refractivity contribution >= 4 is 28.6 Å². The fourth-order valence-electron chi connectivity index (χ4n) is 5.44. The van der Waals surface area contributed by atoms with Crippen molar-refractivity contribution in [2.24, 2.45) is 11.8 Å². The summed E-state index contributed by atoms with van der Waals surface area (Å²) in [5, 5.41) is 10.1. The number of thioether (sulfide) groups is 1. The van der Waals surface area contributed by atoms with Crippen molar-refractivity contribution in [3.63, 3.8) is 0 Å². The van der Waals surface area contributed by atoms with Gasteiger partial charge in [-0.05, 0) is 92.9 Å². The van der Waals surface area contributed by atoms with E-state index in [9.17, 15) is 9.90 Å². The van der Waals surface area contributed by atoms with Gasteiger partial charge in [0, 0.05) is 41.7 Å². The Hall–Kier alpha value is -2.64. The number of methoxy groups -OCH3 is 1. The SMILES string of the molecule is COc1ccc2nccc([C@H](F)CC[C@@H]3CCN(CCSc4cccc(C)c4)C[C@H]3CCC(=O)O)c2c1. The van der Waals surface area contributed by atoms with Gasteiger partial charge in [-0.25, -0.2) is 4.39 Å². The number of aryl methyl sites for hydroxylation is 1. The number of hydrogen-bond acceptors (Lipinski definition) is 5. The van der Waals surface area contributed by atoms with Gasteiger partial charge in [-0.1, -0.05) is 17.7 Å². The van der Waals surface area contributed by atoms with Crippen LogP contribution in [0.4, 0.5) is 4.39 Å². The molecule has 1 aliphatic heterocycles. The van der Waals surface area contributed by atoms with Gasteiger partial charge in [0.25, 0.3) is 0 Å². The summed E-state index contributed by atoms with van der Waals surface area (Å²) < 4.78 is 20.9. The molecule has 2 aromatic carbocycles. The van der Waals surface area contributed by atoms with Gasteiger partial charge in [0.05, 0.1) is 12.6 Å². The van der Waals surface area contributed by atoms with Crippen LogP contribution in [0.25, 0.3) is 10.9 Å². The number of fused-ring (bicyclic) bond motifs is 1. The molecule has 5 nitrogen and oxygen atoms in total. The molecule has 3 atom stereocenters. The lowest BCUT2D eigenvalue weighted by Crippen LogP contribution is -2.41. The monoisotopic (exact) mass is 524 g/mol. The van der Waals surface area contributed by atoms with Gasteiger partial charge in [0.1, 0.15) is 11.9 Å². The van der Waals surface area contributed by atoms with Crippen LogP contribution in [-0.2, 0) is 4.79 Å². The van der Waals surface area contributed by atoms with Crippen molar-refractivity contribution < 1.29 is 19.0 Å². The quantitative estimate of drug-likeness (QED) is 0.259. The fraction of sp³-hybridized carbons (Fsp3) is 0.467. The van der Waals surface area contributed by atoms with Crippen LogP contribution in [0, 0.1) is 18.8 Å². The summed E-state index contributed by atoms with van der Waals surface area (Å²) in [5.74, 6) is 1.54. The summed E-state index contributed by atoms with van der Waals surface area (Å²) in [6, 6.07) is 15.9. The van der Waals surface area contributed by atoms with Crippen LogP contribution < -0.4 is 4.74 Å². The number of halogens is 1. The van der Waals surface area contributed by atoms with Crippen LogP contribution in [0.1, 0.15) is 49.4 Å².